The third-order valence-corrected chi connectivity index (χ3v) is 2.89. The molecule has 0 spiro atoms. The number of carbonyl (C=O) groups is 2. The van der Waals surface area contributed by atoms with Crippen molar-refractivity contribution in [2.24, 2.45) is 0 Å². The van der Waals surface area contributed by atoms with Gasteiger partial charge in [0.15, 0.2) is 0 Å². The summed E-state index contributed by atoms with van der Waals surface area (Å²) in [6.07, 6.45) is 0.164. The molecule has 0 saturated heterocycles. The average Bonchev–Trinajstić information content (AvgIpc) is 2.45. The third-order valence-electron chi connectivity index (χ3n) is 2.89. The fraction of sp³-hybridized carbons (Fsp3) is 0.467. The first-order valence-electron chi connectivity index (χ1n) is 6.73. The summed E-state index contributed by atoms with van der Waals surface area (Å²) in [6, 6.07) is 7.71. The number of hydrogen-bond donors (Lipinski definition) is 2. The van der Waals surface area contributed by atoms with Crippen molar-refractivity contribution in [3.63, 3.8) is 0 Å². The van der Waals surface area contributed by atoms with E-state index in [1.54, 1.807) is 0 Å². The highest BCUT2D eigenvalue weighted by molar-refractivity contribution is 5.75. The molecule has 0 aliphatic heterocycles. The third kappa shape index (κ3) is 5.73. The summed E-state index contributed by atoms with van der Waals surface area (Å²) in [5.41, 5.74) is 2.22. The number of rotatable bonds is 6. The van der Waals surface area contributed by atoms with Gasteiger partial charge in [-0.15, -0.1) is 0 Å². The minimum atomic E-state index is -0.325. The van der Waals surface area contributed by atoms with Crippen LogP contribution in [0.2, 0.25) is 0 Å². The Balaban J connectivity index is 2.28. The van der Waals surface area contributed by atoms with Crippen LogP contribution < -0.4 is 10.6 Å². The molecule has 1 rings (SSSR count). The van der Waals surface area contributed by atoms with Crippen molar-refractivity contribution in [3.8, 4) is 0 Å². The average molecular weight is 278 g/mol. The molecule has 0 unspecified atom stereocenters. The van der Waals surface area contributed by atoms with E-state index >= 15 is 0 Å². The van der Waals surface area contributed by atoms with Crippen LogP contribution >= 0.6 is 0 Å². The van der Waals surface area contributed by atoms with Crippen LogP contribution in [0.4, 0.5) is 4.79 Å². The monoisotopic (exact) mass is 278 g/mol. The van der Waals surface area contributed by atoms with Crippen LogP contribution in [-0.2, 0) is 16.1 Å². The van der Waals surface area contributed by atoms with Crippen molar-refractivity contribution in [3.05, 3.63) is 35.4 Å². The molecule has 0 saturated carbocycles. The van der Waals surface area contributed by atoms with Gasteiger partial charge in [0.1, 0.15) is 6.61 Å². The number of nitrogens with one attached hydrogen (secondary N) is 2. The molecule has 5 nitrogen and oxygen atoms in total. The molecule has 2 N–H and O–H groups in total. The molecule has 2 amide bonds. The van der Waals surface area contributed by atoms with Crippen molar-refractivity contribution >= 4 is 12.0 Å². The van der Waals surface area contributed by atoms with Gasteiger partial charge in [0, 0.05) is 13.6 Å². The number of urea groups is 1. The predicted octanol–water partition coefficient (Wildman–Crippen LogP) is 2.17. The zero-order chi connectivity index (χ0) is 15.0. The second-order valence-electron chi connectivity index (χ2n) is 4.81. The molecule has 1 aromatic rings. The fourth-order valence-electron chi connectivity index (χ4n) is 1.60. The van der Waals surface area contributed by atoms with Crippen LogP contribution in [-0.4, -0.2) is 25.6 Å². The van der Waals surface area contributed by atoms with Crippen LogP contribution in [0.1, 0.15) is 37.3 Å². The lowest BCUT2D eigenvalue weighted by molar-refractivity contribution is -0.144. The van der Waals surface area contributed by atoms with E-state index in [-0.39, 0.29) is 31.6 Å². The van der Waals surface area contributed by atoms with Gasteiger partial charge >= 0.3 is 12.0 Å². The van der Waals surface area contributed by atoms with Crippen LogP contribution in [0.15, 0.2) is 24.3 Å². The van der Waals surface area contributed by atoms with E-state index in [1.165, 1.54) is 12.6 Å². The van der Waals surface area contributed by atoms with Gasteiger partial charge < -0.3 is 15.4 Å². The molecule has 0 bridgehead atoms. The van der Waals surface area contributed by atoms with Gasteiger partial charge in [0.05, 0.1) is 6.42 Å². The Morgan fingerprint density at radius 3 is 2.40 bits per heavy atom. The Bertz CT molecular complexity index is 441. The molecule has 110 valence electrons. The molecule has 0 heterocycles. The summed E-state index contributed by atoms with van der Waals surface area (Å²) in [5.74, 6) is 0.164. The minimum absolute atomic E-state index is 0.164. The van der Waals surface area contributed by atoms with Gasteiger partial charge in [-0.3, -0.25) is 4.79 Å². The van der Waals surface area contributed by atoms with E-state index in [0.29, 0.717) is 5.92 Å². The first-order chi connectivity index (χ1) is 9.52. The molecule has 0 radical (unpaired) electrons. The van der Waals surface area contributed by atoms with Gasteiger partial charge in [-0.05, 0) is 17.0 Å². The number of esters is 1. The van der Waals surface area contributed by atoms with Crippen molar-refractivity contribution in [2.75, 3.05) is 13.6 Å². The number of carbonyl (C=O) groups excluding carboxylic acids is 2. The largest absolute Gasteiger partial charge is 0.461 e. The molecule has 5 heteroatoms. The molecule has 0 atom stereocenters. The number of benzene rings is 1. The van der Waals surface area contributed by atoms with E-state index in [1.807, 2.05) is 24.3 Å². The smallest absolute Gasteiger partial charge is 0.314 e. The Morgan fingerprint density at radius 1 is 1.20 bits per heavy atom. The molecule has 0 fully saturated rings. The molecule has 0 aromatic heterocycles. The Kier molecular flexibility index (Phi) is 6.56. The second-order valence-corrected chi connectivity index (χ2v) is 4.81. The Hall–Kier alpha value is -2.04. The lowest BCUT2D eigenvalue weighted by atomic mass is 10.0. The predicted molar refractivity (Wildman–Crippen MR) is 77.4 cm³/mol. The van der Waals surface area contributed by atoms with Crippen molar-refractivity contribution in [2.45, 2.75) is 32.8 Å². The van der Waals surface area contributed by atoms with E-state index < -0.39 is 0 Å². The van der Waals surface area contributed by atoms with Crippen LogP contribution in [0.5, 0.6) is 0 Å². The van der Waals surface area contributed by atoms with Crippen LogP contribution in [0.3, 0.4) is 0 Å². The van der Waals surface area contributed by atoms with E-state index in [9.17, 15) is 9.59 Å². The van der Waals surface area contributed by atoms with Crippen molar-refractivity contribution in [1.82, 2.24) is 10.6 Å². The van der Waals surface area contributed by atoms with Gasteiger partial charge in [-0.2, -0.15) is 0 Å². The molecule has 1 aromatic carbocycles. The lowest BCUT2D eigenvalue weighted by Gasteiger charge is -2.08. The minimum Gasteiger partial charge on any atom is -0.461 e. The Morgan fingerprint density at radius 2 is 1.85 bits per heavy atom. The molecule has 20 heavy (non-hydrogen) atoms. The maximum atomic E-state index is 11.5. The van der Waals surface area contributed by atoms with Gasteiger partial charge in [-0.25, -0.2) is 4.79 Å². The molecular formula is C15H22N2O3. The summed E-state index contributed by atoms with van der Waals surface area (Å²) >= 11 is 0. The van der Waals surface area contributed by atoms with E-state index in [0.717, 1.165) is 5.56 Å². The highest BCUT2D eigenvalue weighted by atomic mass is 16.5. The highest BCUT2D eigenvalue weighted by Crippen LogP contribution is 2.15. The molecule has 0 aliphatic carbocycles. The lowest BCUT2D eigenvalue weighted by Crippen LogP contribution is -2.34. The first kappa shape index (κ1) is 16.0. The summed E-state index contributed by atoms with van der Waals surface area (Å²) in [5, 5.41) is 4.94. The maximum Gasteiger partial charge on any atom is 0.314 e. The zero-order valence-corrected chi connectivity index (χ0v) is 12.2. The number of amides is 2. The summed E-state index contributed by atoms with van der Waals surface area (Å²) in [6.45, 7) is 4.80. The van der Waals surface area contributed by atoms with Crippen molar-refractivity contribution < 1.29 is 14.3 Å². The summed E-state index contributed by atoms with van der Waals surface area (Å²) in [4.78, 5) is 22.4. The fourth-order valence-corrected chi connectivity index (χ4v) is 1.60. The van der Waals surface area contributed by atoms with Crippen LogP contribution in [0, 0.1) is 0 Å². The second kappa shape index (κ2) is 8.19. The summed E-state index contributed by atoms with van der Waals surface area (Å²) < 4.78 is 5.13. The zero-order valence-electron chi connectivity index (χ0n) is 12.2. The van der Waals surface area contributed by atoms with Crippen molar-refractivity contribution in [1.29, 1.82) is 0 Å². The standard InChI is InChI=1S/C15H22N2O3/c1-11(2)13-6-4-12(5-7-13)10-20-14(18)8-9-17-15(19)16-3/h4-7,11H,8-10H2,1-3H3,(H2,16,17,19). The quantitative estimate of drug-likeness (QED) is 0.784. The summed E-state index contributed by atoms with van der Waals surface area (Å²) in [7, 11) is 1.52. The molecular weight excluding hydrogens is 256 g/mol. The Labute approximate surface area is 119 Å². The van der Waals surface area contributed by atoms with Gasteiger partial charge in [0.25, 0.3) is 0 Å². The SMILES string of the molecule is CNC(=O)NCCC(=O)OCc1ccc(C(C)C)cc1. The van der Waals surface area contributed by atoms with Gasteiger partial charge in [0.2, 0.25) is 0 Å². The number of ether oxygens (including phenoxy) is 1. The van der Waals surface area contributed by atoms with E-state index in [4.69, 9.17) is 4.74 Å². The first-order valence-corrected chi connectivity index (χ1v) is 6.73. The molecule has 0 aliphatic rings. The number of hydrogen-bond acceptors (Lipinski definition) is 3. The van der Waals surface area contributed by atoms with Crippen LogP contribution in [0.25, 0.3) is 0 Å². The topological polar surface area (TPSA) is 67.4 Å². The maximum absolute atomic E-state index is 11.5. The normalized spacial score (nSPS) is 10.2. The van der Waals surface area contributed by atoms with Gasteiger partial charge in [-0.1, -0.05) is 38.1 Å². The highest BCUT2D eigenvalue weighted by Gasteiger charge is 2.05. The van der Waals surface area contributed by atoms with E-state index in [2.05, 4.69) is 24.5 Å².